The molecule has 0 saturated carbocycles. The van der Waals surface area contributed by atoms with Crippen LogP contribution in [0.15, 0.2) is 18.3 Å². The summed E-state index contributed by atoms with van der Waals surface area (Å²) in [4.78, 5) is 32.9. The molecular weight excluding hydrogens is 238 g/mol. The molecular formula is C12H15NO5. The number of aromatic nitrogens is 1. The predicted molar refractivity (Wildman–Crippen MR) is 62.0 cm³/mol. The van der Waals surface area contributed by atoms with E-state index < -0.39 is 5.97 Å². The summed E-state index contributed by atoms with van der Waals surface area (Å²) < 4.78 is 11.1. The molecule has 98 valence electrons. The van der Waals surface area contributed by atoms with Crippen molar-refractivity contribution in [2.45, 2.75) is 20.4 Å². The van der Waals surface area contributed by atoms with Crippen molar-refractivity contribution < 1.29 is 23.9 Å². The van der Waals surface area contributed by atoms with Crippen LogP contribution in [0.4, 0.5) is 0 Å². The number of carbonyl (C=O) groups excluding carboxylic acids is 3. The zero-order valence-electron chi connectivity index (χ0n) is 10.3. The largest absolute Gasteiger partial charge is 0.464 e. The number of hydrogen-bond acceptors (Lipinski definition) is 5. The van der Waals surface area contributed by atoms with Gasteiger partial charge in [0.1, 0.15) is 6.61 Å². The second-order valence-corrected chi connectivity index (χ2v) is 3.63. The third-order valence-corrected chi connectivity index (χ3v) is 2.16. The Balaban J connectivity index is 2.55. The second-order valence-electron chi connectivity index (χ2n) is 3.63. The fraction of sp³-hybridized carbons (Fsp3) is 0.417. The lowest BCUT2D eigenvalue weighted by Gasteiger charge is -2.08. The summed E-state index contributed by atoms with van der Waals surface area (Å²) in [6, 6.07) is 3.33. The van der Waals surface area contributed by atoms with Crippen LogP contribution in [0, 0.1) is 0 Å². The fourth-order valence-corrected chi connectivity index (χ4v) is 1.39. The van der Waals surface area contributed by atoms with E-state index in [-0.39, 0.29) is 25.0 Å². The molecule has 0 aromatic carbocycles. The van der Waals surface area contributed by atoms with Gasteiger partial charge in [-0.2, -0.15) is 0 Å². The third-order valence-electron chi connectivity index (χ3n) is 2.16. The van der Waals surface area contributed by atoms with Crippen molar-refractivity contribution in [1.82, 2.24) is 4.57 Å². The molecule has 1 rings (SSSR count). The molecule has 0 amide bonds. The number of carbonyl (C=O) groups is 3. The number of ketones is 1. The molecule has 1 heterocycles. The summed E-state index contributed by atoms with van der Waals surface area (Å²) in [5.41, 5.74) is 0.420. The van der Waals surface area contributed by atoms with Crippen LogP contribution in [0.1, 0.15) is 24.3 Å². The molecule has 0 spiro atoms. The topological polar surface area (TPSA) is 74.6 Å². The Morgan fingerprint density at radius 3 is 2.44 bits per heavy atom. The predicted octanol–water partition coefficient (Wildman–Crippen LogP) is 0.797. The lowest BCUT2D eigenvalue weighted by atomic mass is 10.3. The van der Waals surface area contributed by atoms with E-state index in [1.54, 1.807) is 22.9 Å². The fourth-order valence-electron chi connectivity index (χ4n) is 1.39. The number of nitrogens with zero attached hydrogens (tertiary/aromatic N) is 1. The Bertz CT molecular complexity index is 449. The molecule has 6 nitrogen and oxygen atoms in total. The molecule has 0 unspecified atom stereocenters. The van der Waals surface area contributed by atoms with E-state index in [0.717, 1.165) is 0 Å². The lowest BCUT2D eigenvalue weighted by molar-refractivity contribution is -0.141. The van der Waals surface area contributed by atoms with Crippen LogP contribution >= 0.6 is 0 Å². The Morgan fingerprint density at radius 1 is 1.17 bits per heavy atom. The van der Waals surface area contributed by atoms with Gasteiger partial charge in [0, 0.05) is 20.0 Å². The molecule has 0 bridgehead atoms. The van der Waals surface area contributed by atoms with Gasteiger partial charge in [-0.25, -0.2) is 0 Å². The van der Waals surface area contributed by atoms with Crippen molar-refractivity contribution in [2.24, 2.45) is 0 Å². The van der Waals surface area contributed by atoms with Crippen LogP contribution < -0.4 is 0 Å². The monoisotopic (exact) mass is 253 g/mol. The number of ether oxygens (including phenoxy) is 2. The minimum Gasteiger partial charge on any atom is -0.464 e. The van der Waals surface area contributed by atoms with Crippen LogP contribution in [0.2, 0.25) is 0 Å². The highest BCUT2D eigenvalue weighted by Crippen LogP contribution is 2.04. The van der Waals surface area contributed by atoms with Gasteiger partial charge in [0.05, 0.1) is 12.2 Å². The van der Waals surface area contributed by atoms with Gasteiger partial charge in [-0.15, -0.1) is 0 Å². The molecule has 0 N–H and O–H groups in total. The molecule has 0 saturated heterocycles. The highest BCUT2D eigenvalue weighted by Gasteiger charge is 2.12. The Morgan fingerprint density at radius 2 is 1.83 bits per heavy atom. The zero-order chi connectivity index (χ0) is 13.5. The molecule has 0 aliphatic heterocycles. The minimum atomic E-state index is -0.499. The summed E-state index contributed by atoms with van der Waals surface area (Å²) in [5.74, 6) is -1.16. The van der Waals surface area contributed by atoms with Crippen molar-refractivity contribution in [2.75, 3.05) is 13.2 Å². The van der Waals surface area contributed by atoms with E-state index in [2.05, 4.69) is 4.74 Å². The summed E-state index contributed by atoms with van der Waals surface area (Å²) in [6.07, 6.45) is 1.70. The summed E-state index contributed by atoms with van der Waals surface area (Å²) in [7, 11) is 0. The van der Waals surface area contributed by atoms with Crippen molar-refractivity contribution in [3.8, 4) is 0 Å². The summed E-state index contributed by atoms with van der Waals surface area (Å²) >= 11 is 0. The Kier molecular flexibility index (Phi) is 5.10. The van der Waals surface area contributed by atoms with E-state index in [0.29, 0.717) is 12.2 Å². The first-order chi connectivity index (χ1) is 8.50. The van der Waals surface area contributed by atoms with Crippen LogP contribution in [0.25, 0.3) is 0 Å². The molecule has 1 aromatic rings. The first kappa shape index (κ1) is 14.0. The highest BCUT2D eigenvalue weighted by molar-refractivity contribution is 5.96. The van der Waals surface area contributed by atoms with E-state index in [1.807, 2.05) is 0 Å². The van der Waals surface area contributed by atoms with Gasteiger partial charge in [-0.05, 0) is 12.1 Å². The number of rotatable bonds is 6. The van der Waals surface area contributed by atoms with Gasteiger partial charge in [-0.3, -0.25) is 14.4 Å². The molecule has 0 radical (unpaired) electrons. The molecule has 1 aromatic heterocycles. The van der Waals surface area contributed by atoms with Crippen LogP contribution in [0.5, 0.6) is 0 Å². The zero-order valence-corrected chi connectivity index (χ0v) is 10.3. The smallest absolute Gasteiger partial charge is 0.303 e. The molecule has 0 aliphatic rings. The highest BCUT2D eigenvalue weighted by atomic mass is 16.5. The van der Waals surface area contributed by atoms with Crippen LogP contribution in [0.3, 0.4) is 0 Å². The van der Waals surface area contributed by atoms with Crippen LogP contribution in [-0.4, -0.2) is 35.5 Å². The quantitative estimate of drug-likeness (QED) is 0.553. The van der Waals surface area contributed by atoms with Crippen LogP contribution in [-0.2, 0) is 25.6 Å². The maximum absolute atomic E-state index is 11.7. The minimum absolute atomic E-state index is 0.192. The third kappa shape index (κ3) is 4.40. The van der Waals surface area contributed by atoms with Crippen molar-refractivity contribution in [3.05, 3.63) is 24.0 Å². The van der Waals surface area contributed by atoms with E-state index in [4.69, 9.17) is 4.74 Å². The van der Waals surface area contributed by atoms with Gasteiger partial charge >= 0.3 is 11.9 Å². The first-order valence-electron chi connectivity index (χ1n) is 5.45. The Hall–Kier alpha value is -2.11. The normalized spacial score (nSPS) is 9.89. The first-order valence-corrected chi connectivity index (χ1v) is 5.45. The lowest BCUT2D eigenvalue weighted by Crippen LogP contribution is -2.18. The Labute approximate surface area is 104 Å². The molecule has 6 heteroatoms. The standard InChI is InChI=1S/C12H15NO5/c1-9(14)17-7-6-13-5-3-4-11(13)12(16)8-18-10(2)15/h3-5H,6-8H2,1-2H3. The van der Waals surface area contributed by atoms with Gasteiger partial charge in [-0.1, -0.05) is 0 Å². The molecule has 0 aliphatic carbocycles. The maximum Gasteiger partial charge on any atom is 0.303 e. The summed E-state index contributed by atoms with van der Waals surface area (Å²) in [5, 5.41) is 0. The van der Waals surface area contributed by atoms with E-state index >= 15 is 0 Å². The average Bonchev–Trinajstić information content (AvgIpc) is 2.73. The number of esters is 2. The van der Waals surface area contributed by atoms with Gasteiger partial charge in [0.25, 0.3) is 0 Å². The van der Waals surface area contributed by atoms with Gasteiger partial charge in [0.15, 0.2) is 6.61 Å². The number of Topliss-reactive ketones (excluding diaryl/α,β-unsaturated/α-hetero) is 1. The van der Waals surface area contributed by atoms with Crippen molar-refractivity contribution in [1.29, 1.82) is 0 Å². The van der Waals surface area contributed by atoms with Gasteiger partial charge < -0.3 is 14.0 Å². The van der Waals surface area contributed by atoms with E-state index in [9.17, 15) is 14.4 Å². The van der Waals surface area contributed by atoms with E-state index in [1.165, 1.54) is 13.8 Å². The van der Waals surface area contributed by atoms with Crippen molar-refractivity contribution in [3.63, 3.8) is 0 Å². The number of hydrogen-bond donors (Lipinski definition) is 0. The van der Waals surface area contributed by atoms with Gasteiger partial charge in [0.2, 0.25) is 5.78 Å². The molecule has 0 fully saturated rings. The second kappa shape index (κ2) is 6.58. The summed E-state index contributed by atoms with van der Waals surface area (Å²) in [6.45, 7) is 2.86. The average molecular weight is 253 g/mol. The molecule has 18 heavy (non-hydrogen) atoms. The maximum atomic E-state index is 11.7. The molecule has 0 atom stereocenters. The van der Waals surface area contributed by atoms with Crippen molar-refractivity contribution >= 4 is 17.7 Å². The SMILES string of the molecule is CC(=O)OCCn1cccc1C(=O)COC(C)=O.